The number of hydrogen-bond donors (Lipinski definition) is 0. The van der Waals surface area contributed by atoms with E-state index < -0.39 is 0 Å². The molecule has 0 bridgehead atoms. The van der Waals surface area contributed by atoms with E-state index in [1.807, 2.05) is 59.5 Å². The molecular weight excluding hydrogens is 374 g/mol. The number of para-hydroxylation sites is 1. The van der Waals surface area contributed by atoms with Crippen molar-refractivity contribution in [3.05, 3.63) is 65.2 Å². The third kappa shape index (κ3) is 3.99. The first-order chi connectivity index (χ1) is 13.6. The molecule has 2 amide bonds. The van der Waals surface area contributed by atoms with E-state index >= 15 is 0 Å². The Kier molecular flexibility index (Phi) is 5.53. The Morgan fingerprint density at radius 2 is 1.64 bits per heavy atom. The average molecular weight is 398 g/mol. The number of anilines is 1. The van der Waals surface area contributed by atoms with E-state index in [2.05, 4.69) is 4.90 Å². The summed E-state index contributed by atoms with van der Waals surface area (Å²) in [6.07, 6.45) is 0.316. The van der Waals surface area contributed by atoms with Gasteiger partial charge in [-0.3, -0.25) is 9.59 Å². The number of benzene rings is 2. The second-order valence-corrected chi connectivity index (χ2v) is 7.83. The van der Waals surface area contributed by atoms with Gasteiger partial charge in [0.15, 0.2) is 0 Å². The Hall–Kier alpha value is -2.53. The minimum absolute atomic E-state index is 0.0666. The summed E-state index contributed by atoms with van der Waals surface area (Å²) in [6.45, 7) is 3.91. The standard InChI is InChI=1S/C22H24ClN3O2/c23-19-8-4-5-9-20(19)24-10-12-25(13-11-24)22(28)18-14-21(27)26(16-18)15-17-6-2-1-3-7-17/h1-9,18H,10-16H2/t18-/m1/s1. The van der Waals surface area contributed by atoms with Crippen molar-refractivity contribution in [2.75, 3.05) is 37.6 Å². The van der Waals surface area contributed by atoms with Gasteiger partial charge in [0.1, 0.15) is 0 Å². The Bertz CT molecular complexity index is 850. The first-order valence-corrected chi connectivity index (χ1v) is 10.1. The van der Waals surface area contributed by atoms with E-state index in [4.69, 9.17) is 11.6 Å². The van der Waals surface area contributed by atoms with Crippen LogP contribution in [0, 0.1) is 5.92 Å². The number of hydrogen-bond acceptors (Lipinski definition) is 3. The van der Waals surface area contributed by atoms with E-state index in [-0.39, 0.29) is 17.7 Å². The largest absolute Gasteiger partial charge is 0.367 e. The zero-order chi connectivity index (χ0) is 19.5. The topological polar surface area (TPSA) is 43.9 Å². The molecule has 2 aromatic rings. The number of carbonyl (C=O) groups is 2. The molecule has 2 fully saturated rings. The monoisotopic (exact) mass is 397 g/mol. The van der Waals surface area contributed by atoms with Gasteiger partial charge < -0.3 is 14.7 Å². The van der Waals surface area contributed by atoms with Crippen molar-refractivity contribution in [3.8, 4) is 0 Å². The molecule has 0 aliphatic carbocycles. The summed E-state index contributed by atoms with van der Waals surface area (Å²) < 4.78 is 0. The molecule has 0 aromatic heterocycles. The zero-order valence-corrected chi connectivity index (χ0v) is 16.5. The van der Waals surface area contributed by atoms with Gasteiger partial charge in [-0.15, -0.1) is 0 Å². The van der Waals surface area contributed by atoms with Gasteiger partial charge >= 0.3 is 0 Å². The van der Waals surface area contributed by atoms with Crippen LogP contribution in [0.25, 0.3) is 0 Å². The van der Waals surface area contributed by atoms with E-state index in [1.165, 1.54) is 0 Å². The van der Waals surface area contributed by atoms with Gasteiger partial charge in [-0.05, 0) is 17.7 Å². The van der Waals surface area contributed by atoms with E-state index in [0.717, 1.165) is 29.4 Å². The zero-order valence-electron chi connectivity index (χ0n) is 15.8. The average Bonchev–Trinajstić information content (AvgIpc) is 3.09. The fourth-order valence-electron chi connectivity index (χ4n) is 4.03. The predicted molar refractivity (Wildman–Crippen MR) is 110 cm³/mol. The molecule has 2 saturated heterocycles. The molecule has 146 valence electrons. The third-order valence-corrected chi connectivity index (χ3v) is 5.88. The molecule has 0 N–H and O–H groups in total. The maximum Gasteiger partial charge on any atom is 0.228 e. The molecule has 2 aliphatic heterocycles. The molecule has 1 atom stereocenters. The Morgan fingerprint density at radius 3 is 2.36 bits per heavy atom. The van der Waals surface area contributed by atoms with Crippen LogP contribution in [-0.4, -0.2) is 54.3 Å². The van der Waals surface area contributed by atoms with Crippen LogP contribution < -0.4 is 4.90 Å². The van der Waals surface area contributed by atoms with Gasteiger partial charge in [0.25, 0.3) is 0 Å². The predicted octanol–water partition coefficient (Wildman–Crippen LogP) is 3.04. The SMILES string of the molecule is O=C1C[C@@H](C(=O)N2CCN(c3ccccc3Cl)CC2)CN1Cc1ccccc1. The molecule has 28 heavy (non-hydrogen) atoms. The Labute approximate surface area is 170 Å². The van der Waals surface area contributed by atoms with Crippen LogP contribution in [0.3, 0.4) is 0 Å². The summed E-state index contributed by atoms with van der Waals surface area (Å²) >= 11 is 6.29. The molecule has 6 heteroatoms. The maximum absolute atomic E-state index is 13.0. The molecule has 2 aromatic carbocycles. The van der Waals surface area contributed by atoms with E-state index in [9.17, 15) is 9.59 Å². The van der Waals surface area contributed by atoms with Gasteiger partial charge in [-0.2, -0.15) is 0 Å². The van der Waals surface area contributed by atoms with Crippen LogP contribution in [0.15, 0.2) is 54.6 Å². The molecular formula is C22H24ClN3O2. The maximum atomic E-state index is 13.0. The molecule has 0 spiro atoms. The lowest BCUT2D eigenvalue weighted by Gasteiger charge is -2.37. The van der Waals surface area contributed by atoms with Crippen molar-refractivity contribution >= 4 is 29.1 Å². The first-order valence-electron chi connectivity index (χ1n) is 9.72. The van der Waals surface area contributed by atoms with Crippen LogP contribution in [0.4, 0.5) is 5.69 Å². The quantitative estimate of drug-likeness (QED) is 0.796. The summed E-state index contributed by atoms with van der Waals surface area (Å²) in [5.74, 6) is -0.0669. The van der Waals surface area contributed by atoms with Crippen molar-refractivity contribution in [2.24, 2.45) is 5.92 Å². The number of carbonyl (C=O) groups excluding carboxylic acids is 2. The van der Waals surface area contributed by atoms with Gasteiger partial charge in [0.05, 0.1) is 16.6 Å². The number of nitrogens with zero attached hydrogens (tertiary/aromatic N) is 3. The second kappa shape index (κ2) is 8.23. The summed E-state index contributed by atoms with van der Waals surface area (Å²) in [5.41, 5.74) is 2.11. The fraction of sp³-hybridized carbons (Fsp3) is 0.364. The number of likely N-dealkylation sites (tertiary alicyclic amines) is 1. The van der Waals surface area contributed by atoms with Gasteiger partial charge in [0.2, 0.25) is 11.8 Å². The molecule has 0 unspecified atom stereocenters. The van der Waals surface area contributed by atoms with Crippen molar-refractivity contribution in [1.82, 2.24) is 9.80 Å². The molecule has 0 saturated carbocycles. The van der Waals surface area contributed by atoms with Crippen LogP contribution in [-0.2, 0) is 16.1 Å². The lowest BCUT2D eigenvalue weighted by atomic mass is 10.1. The minimum Gasteiger partial charge on any atom is -0.367 e. The fourth-order valence-corrected chi connectivity index (χ4v) is 4.28. The second-order valence-electron chi connectivity index (χ2n) is 7.42. The summed E-state index contributed by atoms with van der Waals surface area (Å²) in [7, 11) is 0. The van der Waals surface area contributed by atoms with Crippen molar-refractivity contribution in [1.29, 1.82) is 0 Å². The van der Waals surface area contributed by atoms with Crippen LogP contribution in [0.1, 0.15) is 12.0 Å². The minimum atomic E-state index is -0.233. The highest BCUT2D eigenvalue weighted by Crippen LogP contribution is 2.27. The summed E-state index contributed by atoms with van der Waals surface area (Å²) in [4.78, 5) is 31.3. The molecule has 4 rings (SSSR count). The highest BCUT2D eigenvalue weighted by atomic mass is 35.5. The Morgan fingerprint density at radius 1 is 0.964 bits per heavy atom. The summed E-state index contributed by atoms with van der Waals surface area (Å²) in [6, 6.07) is 17.7. The van der Waals surface area contributed by atoms with Crippen LogP contribution in [0.2, 0.25) is 5.02 Å². The molecule has 2 aliphatic rings. The van der Waals surface area contributed by atoms with Crippen LogP contribution >= 0.6 is 11.6 Å². The first kappa shape index (κ1) is 18.8. The number of amides is 2. The normalized spacial score (nSPS) is 20.0. The van der Waals surface area contributed by atoms with Gasteiger partial charge in [-0.25, -0.2) is 0 Å². The highest BCUT2D eigenvalue weighted by Gasteiger charge is 2.37. The van der Waals surface area contributed by atoms with Crippen molar-refractivity contribution < 1.29 is 9.59 Å². The third-order valence-electron chi connectivity index (χ3n) is 5.56. The van der Waals surface area contributed by atoms with E-state index in [1.54, 1.807) is 4.90 Å². The van der Waals surface area contributed by atoms with Gasteiger partial charge in [-0.1, -0.05) is 54.1 Å². The lowest BCUT2D eigenvalue weighted by Crippen LogP contribution is -2.50. The smallest absolute Gasteiger partial charge is 0.228 e. The molecule has 5 nitrogen and oxygen atoms in total. The van der Waals surface area contributed by atoms with Gasteiger partial charge in [0, 0.05) is 45.7 Å². The number of rotatable bonds is 4. The molecule has 0 radical (unpaired) electrons. The van der Waals surface area contributed by atoms with E-state index in [0.29, 0.717) is 32.6 Å². The number of halogens is 1. The molecule has 2 heterocycles. The van der Waals surface area contributed by atoms with Crippen molar-refractivity contribution in [2.45, 2.75) is 13.0 Å². The number of piperazine rings is 1. The van der Waals surface area contributed by atoms with Crippen molar-refractivity contribution in [3.63, 3.8) is 0 Å². The highest BCUT2D eigenvalue weighted by molar-refractivity contribution is 6.33. The Balaban J connectivity index is 1.33. The lowest BCUT2D eigenvalue weighted by molar-refractivity contribution is -0.136. The van der Waals surface area contributed by atoms with Crippen LogP contribution in [0.5, 0.6) is 0 Å². The summed E-state index contributed by atoms with van der Waals surface area (Å²) in [5, 5.41) is 0.736.